The van der Waals surface area contributed by atoms with E-state index in [-0.39, 0.29) is 0 Å². The number of hydrogen-bond donors (Lipinski definition) is 0. The molecule has 0 N–H and O–H groups in total. The summed E-state index contributed by atoms with van der Waals surface area (Å²) in [6.45, 7) is 0. The van der Waals surface area contributed by atoms with Crippen LogP contribution in [0, 0.1) is 0 Å². The molecule has 4 nitrogen and oxygen atoms in total. The monoisotopic (exact) mass is 610 g/mol. The molecule has 0 aliphatic carbocycles. The van der Waals surface area contributed by atoms with Gasteiger partial charge in [0, 0.05) is 39.9 Å². The standard InChI is InChI=1S/C44H26N4/c1-3-30-11-12-32-17-21-36(37-22-18-31(4-1)40(30)41(32)37)27-5-7-28(8-6-27)38-23-19-33-13-14-34-20-24-39(48-43(34)42(33)47-38)29-9-15-35(16-10-29)44-45-25-2-26-46-44/h1-26H. The van der Waals surface area contributed by atoms with E-state index >= 15 is 0 Å². The van der Waals surface area contributed by atoms with Gasteiger partial charge in [-0.05, 0) is 61.6 Å². The lowest BCUT2D eigenvalue weighted by molar-refractivity contribution is 1.18. The molecule has 0 aliphatic rings. The molecule has 0 saturated carbocycles. The van der Waals surface area contributed by atoms with Crippen LogP contribution in [0.2, 0.25) is 0 Å². The summed E-state index contributed by atoms with van der Waals surface area (Å²) in [6, 6.07) is 51.6. The van der Waals surface area contributed by atoms with Crippen molar-refractivity contribution < 1.29 is 0 Å². The van der Waals surface area contributed by atoms with Gasteiger partial charge in [-0.25, -0.2) is 19.9 Å². The highest BCUT2D eigenvalue weighted by Gasteiger charge is 2.13. The molecule has 4 heteroatoms. The molecule has 3 aromatic heterocycles. The first kappa shape index (κ1) is 26.7. The highest BCUT2D eigenvalue weighted by Crippen LogP contribution is 2.39. The van der Waals surface area contributed by atoms with Crippen molar-refractivity contribution in [2.24, 2.45) is 0 Å². The Balaban J connectivity index is 1.03. The van der Waals surface area contributed by atoms with E-state index in [2.05, 4.69) is 137 Å². The fraction of sp³-hybridized carbons (Fsp3) is 0. The van der Waals surface area contributed by atoms with Crippen molar-refractivity contribution in [3.05, 3.63) is 158 Å². The van der Waals surface area contributed by atoms with Crippen molar-refractivity contribution in [3.8, 4) is 45.0 Å². The van der Waals surface area contributed by atoms with E-state index < -0.39 is 0 Å². The van der Waals surface area contributed by atoms with E-state index in [1.165, 1.54) is 43.4 Å². The zero-order valence-corrected chi connectivity index (χ0v) is 25.8. The molecule has 3 heterocycles. The molecule has 222 valence electrons. The van der Waals surface area contributed by atoms with Crippen LogP contribution in [0.4, 0.5) is 0 Å². The van der Waals surface area contributed by atoms with Crippen LogP contribution in [0.1, 0.15) is 0 Å². The van der Waals surface area contributed by atoms with Crippen molar-refractivity contribution in [1.82, 2.24) is 19.9 Å². The first-order chi connectivity index (χ1) is 23.8. The summed E-state index contributed by atoms with van der Waals surface area (Å²) < 4.78 is 0. The molecule has 10 aromatic rings. The summed E-state index contributed by atoms with van der Waals surface area (Å²) in [5, 5.41) is 9.93. The van der Waals surface area contributed by atoms with Crippen molar-refractivity contribution in [2.75, 3.05) is 0 Å². The van der Waals surface area contributed by atoms with Crippen molar-refractivity contribution in [2.45, 2.75) is 0 Å². The van der Waals surface area contributed by atoms with Gasteiger partial charge in [-0.15, -0.1) is 0 Å². The third-order valence-electron chi connectivity index (χ3n) is 9.54. The Morgan fingerprint density at radius 2 is 0.812 bits per heavy atom. The molecule has 10 rings (SSSR count). The summed E-state index contributed by atoms with van der Waals surface area (Å²) in [6.07, 6.45) is 3.52. The Labute approximate surface area is 276 Å². The van der Waals surface area contributed by atoms with Crippen LogP contribution in [0.25, 0.3) is 99.2 Å². The maximum Gasteiger partial charge on any atom is 0.159 e. The van der Waals surface area contributed by atoms with E-state index in [0.717, 1.165) is 49.9 Å². The highest BCUT2D eigenvalue weighted by molar-refractivity contribution is 6.25. The average Bonchev–Trinajstić information content (AvgIpc) is 3.17. The molecule has 0 unspecified atom stereocenters. The van der Waals surface area contributed by atoms with E-state index in [4.69, 9.17) is 9.97 Å². The molecule has 0 atom stereocenters. The normalized spacial score (nSPS) is 11.8. The van der Waals surface area contributed by atoms with Crippen molar-refractivity contribution >= 4 is 54.1 Å². The second kappa shape index (κ2) is 10.5. The number of fused-ring (bicyclic) bond motifs is 3. The Morgan fingerprint density at radius 1 is 0.333 bits per heavy atom. The Morgan fingerprint density at radius 3 is 1.44 bits per heavy atom. The van der Waals surface area contributed by atoms with Gasteiger partial charge in [0.15, 0.2) is 5.82 Å². The SMILES string of the molecule is c1cnc(-c2ccc(-c3ccc4ccc5ccc(-c6ccc(-c7ccc8ccc9cccc%10ccc7c8c9%10)cc6)nc5c4n3)cc2)nc1. The van der Waals surface area contributed by atoms with Crippen LogP contribution in [-0.4, -0.2) is 19.9 Å². The number of aromatic nitrogens is 4. The quantitative estimate of drug-likeness (QED) is 0.186. The predicted molar refractivity (Wildman–Crippen MR) is 198 cm³/mol. The van der Waals surface area contributed by atoms with Gasteiger partial charge in [0.2, 0.25) is 0 Å². The first-order valence-electron chi connectivity index (χ1n) is 16.1. The van der Waals surface area contributed by atoms with Gasteiger partial charge in [-0.2, -0.15) is 0 Å². The van der Waals surface area contributed by atoms with Gasteiger partial charge in [-0.3, -0.25) is 0 Å². The first-order valence-corrected chi connectivity index (χ1v) is 16.1. The summed E-state index contributed by atoms with van der Waals surface area (Å²) in [7, 11) is 0. The van der Waals surface area contributed by atoms with Crippen molar-refractivity contribution in [3.63, 3.8) is 0 Å². The highest BCUT2D eigenvalue weighted by atomic mass is 14.8. The van der Waals surface area contributed by atoms with E-state index in [1.54, 1.807) is 12.4 Å². The average molecular weight is 611 g/mol. The Hall–Kier alpha value is -6.52. The van der Waals surface area contributed by atoms with Gasteiger partial charge in [0.05, 0.1) is 22.4 Å². The molecule has 0 aliphatic heterocycles. The summed E-state index contributed by atoms with van der Waals surface area (Å²) in [4.78, 5) is 19.1. The smallest absolute Gasteiger partial charge is 0.159 e. The molecule has 0 saturated heterocycles. The minimum atomic E-state index is 0.710. The summed E-state index contributed by atoms with van der Waals surface area (Å²) in [5.41, 5.74) is 9.14. The third-order valence-corrected chi connectivity index (χ3v) is 9.54. The largest absolute Gasteiger partial charge is 0.245 e. The third kappa shape index (κ3) is 4.24. The summed E-state index contributed by atoms with van der Waals surface area (Å²) in [5.74, 6) is 0.710. The molecular weight excluding hydrogens is 585 g/mol. The van der Waals surface area contributed by atoms with E-state index in [9.17, 15) is 0 Å². The summed E-state index contributed by atoms with van der Waals surface area (Å²) >= 11 is 0. The zero-order chi connectivity index (χ0) is 31.6. The van der Waals surface area contributed by atoms with Crippen LogP contribution in [-0.2, 0) is 0 Å². The number of hydrogen-bond acceptors (Lipinski definition) is 4. The topological polar surface area (TPSA) is 51.6 Å². The van der Waals surface area contributed by atoms with Gasteiger partial charge < -0.3 is 0 Å². The molecule has 48 heavy (non-hydrogen) atoms. The second-order valence-corrected chi connectivity index (χ2v) is 12.3. The van der Waals surface area contributed by atoms with Crippen LogP contribution >= 0.6 is 0 Å². The maximum absolute atomic E-state index is 5.19. The maximum atomic E-state index is 5.19. The molecule has 0 radical (unpaired) electrons. The lowest BCUT2D eigenvalue weighted by Crippen LogP contribution is -1.92. The van der Waals surface area contributed by atoms with Crippen LogP contribution < -0.4 is 0 Å². The van der Waals surface area contributed by atoms with Crippen LogP contribution in [0.5, 0.6) is 0 Å². The second-order valence-electron chi connectivity index (χ2n) is 12.3. The fourth-order valence-electron chi connectivity index (χ4n) is 7.14. The lowest BCUT2D eigenvalue weighted by atomic mass is 9.89. The molecule has 0 fully saturated rings. The molecule has 0 bridgehead atoms. The number of pyridine rings is 2. The van der Waals surface area contributed by atoms with Gasteiger partial charge in [-0.1, -0.05) is 127 Å². The van der Waals surface area contributed by atoms with Gasteiger partial charge in [0.1, 0.15) is 0 Å². The van der Waals surface area contributed by atoms with Crippen LogP contribution in [0.15, 0.2) is 158 Å². The Kier molecular flexibility index (Phi) is 5.84. The van der Waals surface area contributed by atoms with Crippen LogP contribution in [0.3, 0.4) is 0 Å². The molecule has 7 aromatic carbocycles. The van der Waals surface area contributed by atoms with E-state index in [0.29, 0.717) is 5.82 Å². The van der Waals surface area contributed by atoms with Gasteiger partial charge in [0.25, 0.3) is 0 Å². The molecule has 0 spiro atoms. The molecule has 0 amide bonds. The fourth-order valence-corrected chi connectivity index (χ4v) is 7.14. The predicted octanol–water partition coefficient (Wildman–Crippen LogP) is 11.1. The van der Waals surface area contributed by atoms with E-state index in [1.807, 2.05) is 18.2 Å². The van der Waals surface area contributed by atoms with Gasteiger partial charge >= 0.3 is 0 Å². The minimum Gasteiger partial charge on any atom is -0.245 e. The number of nitrogens with zero attached hydrogens (tertiary/aromatic N) is 4. The number of rotatable bonds is 4. The Bertz CT molecular complexity index is 2790. The molecular formula is C44H26N4. The zero-order valence-electron chi connectivity index (χ0n) is 25.8. The minimum absolute atomic E-state index is 0.710. The number of benzene rings is 7. The van der Waals surface area contributed by atoms with Crippen molar-refractivity contribution in [1.29, 1.82) is 0 Å². The lowest BCUT2D eigenvalue weighted by Gasteiger charge is -2.14.